The van der Waals surface area contributed by atoms with Crippen molar-refractivity contribution in [3.05, 3.63) is 53.6 Å². The molecule has 0 fully saturated rings. The van der Waals surface area contributed by atoms with Gasteiger partial charge in [0.25, 0.3) is 11.9 Å². The number of carbonyl (C=O) groups is 1. The Kier molecular flexibility index (Phi) is 7.08. The Morgan fingerprint density at radius 1 is 1.20 bits per heavy atom. The van der Waals surface area contributed by atoms with Crippen LogP contribution in [0.2, 0.25) is 0 Å². The molecule has 3 rings (SSSR count). The van der Waals surface area contributed by atoms with Crippen LogP contribution in [0.25, 0.3) is 0 Å². The second-order valence-electron chi connectivity index (χ2n) is 7.40. The van der Waals surface area contributed by atoms with Gasteiger partial charge in [0.15, 0.2) is 12.7 Å². The summed E-state index contributed by atoms with van der Waals surface area (Å²) in [5.74, 6) is -2.27. The van der Waals surface area contributed by atoms with Crippen LogP contribution in [-0.2, 0) is 10.3 Å². The molecule has 15 heteroatoms. The van der Waals surface area contributed by atoms with Crippen molar-refractivity contribution in [3.8, 4) is 5.75 Å². The zero-order chi connectivity index (χ0) is 26.0. The Balaban J connectivity index is 1.83. The molecule has 0 radical (unpaired) electrons. The number of nitrogens with zero attached hydrogens (tertiary/aromatic N) is 2. The molecule has 1 amide bonds. The average molecular weight is 512 g/mol. The molecule has 0 bridgehead atoms. The topological polar surface area (TPSA) is 98.8 Å². The van der Waals surface area contributed by atoms with Crippen LogP contribution in [0.5, 0.6) is 5.75 Å². The Morgan fingerprint density at radius 2 is 1.91 bits per heavy atom. The number of hydrogen-bond acceptors (Lipinski definition) is 6. The molecule has 35 heavy (non-hydrogen) atoms. The van der Waals surface area contributed by atoms with Gasteiger partial charge in [-0.1, -0.05) is 0 Å². The average Bonchev–Trinajstić information content (AvgIpc) is 2.77. The molecule has 0 aliphatic carbocycles. The summed E-state index contributed by atoms with van der Waals surface area (Å²) >= 11 is 0. The Bertz CT molecular complexity index is 1110. The highest BCUT2D eigenvalue weighted by atomic mass is 19.4. The lowest BCUT2D eigenvalue weighted by Gasteiger charge is -2.36. The predicted molar refractivity (Wildman–Crippen MR) is 105 cm³/mol. The van der Waals surface area contributed by atoms with Crippen LogP contribution in [0, 0.1) is 5.82 Å². The lowest BCUT2D eigenvalue weighted by molar-refractivity contribution is -0.209. The van der Waals surface area contributed by atoms with Crippen LogP contribution < -0.4 is 15.8 Å². The third-order valence-corrected chi connectivity index (χ3v) is 4.79. The zero-order valence-electron chi connectivity index (χ0n) is 17.4. The van der Waals surface area contributed by atoms with E-state index in [0.717, 1.165) is 36.5 Å². The Labute approximate surface area is 191 Å². The number of aliphatic imine (C=N–C) groups is 1. The smallest absolute Gasteiger partial charge is 0.425 e. The maximum Gasteiger partial charge on any atom is 0.425 e. The van der Waals surface area contributed by atoms with Gasteiger partial charge in [-0.05, 0) is 30.3 Å². The number of carbonyl (C=O) groups excluding carboxylic acids is 1. The fraction of sp³-hybridized carbons (Fsp3) is 0.350. The number of halogens is 8. The number of benzene rings is 1. The maximum atomic E-state index is 14.6. The fourth-order valence-electron chi connectivity index (χ4n) is 3.21. The quantitative estimate of drug-likeness (QED) is 0.565. The number of alkyl halides is 7. The second kappa shape index (κ2) is 9.54. The van der Waals surface area contributed by atoms with Gasteiger partial charge in [-0.25, -0.2) is 18.8 Å². The summed E-state index contributed by atoms with van der Waals surface area (Å²) in [6, 6.07) is 3.85. The summed E-state index contributed by atoms with van der Waals surface area (Å²) in [6.07, 6.45) is -12.3. The summed E-state index contributed by atoms with van der Waals surface area (Å²) in [6.45, 7) is -3.12. The minimum Gasteiger partial charge on any atom is -0.483 e. The van der Waals surface area contributed by atoms with E-state index in [0.29, 0.717) is 0 Å². The lowest BCUT2D eigenvalue weighted by Crippen LogP contribution is -2.48. The van der Waals surface area contributed by atoms with Gasteiger partial charge in [0.05, 0.1) is 6.20 Å². The first-order valence-corrected chi connectivity index (χ1v) is 9.64. The molecule has 0 saturated heterocycles. The molecule has 2 atom stereocenters. The number of pyridine rings is 1. The van der Waals surface area contributed by atoms with E-state index in [1.54, 1.807) is 0 Å². The minimum absolute atomic E-state index is 0.151. The van der Waals surface area contributed by atoms with E-state index < -0.39 is 67.0 Å². The highest BCUT2D eigenvalue weighted by molar-refractivity contribution is 6.02. The number of nitrogens with one attached hydrogen (secondary N) is 1. The largest absolute Gasteiger partial charge is 0.483 e. The SMILES string of the molecule is NC1=NC(CF)(c2cc(NC(=O)c3ccc(OCC(F)(F)F)cn3)ccc2F)CC(C(F)(F)F)O1. The fourth-order valence-corrected chi connectivity index (χ4v) is 3.21. The molecule has 0 saturated carbocycles. The normalized spacial score (nSPS) is 20.6. The standard InChI is InChI=1S/C20H16F8N4O3/c21-8-18(6-15(20(26,27)28)35-17(29)32-18)12-5-10(1-3-13(12)22)31-16(33)14-4-2-11(7-30-14)34-9-19(23,24)25/h1-5,7,15H,6,8-9H2,(H2,29,32)(H,31,33). The van der Waals surface area contributed by atoms with Crippen molar-refractivity contribution in [2.75, 3.05) is 18.6 Å². The Morgan fingerprint density at radius 3 is 2.49 bits per heavy atom. The van der Waals surface area contributed by atoms with Gasteiger partial charge >= 0.3 is 12.4 Å². The first kappa shape index (κ1) is 26.0. The van der Waals surface area contributed by atoms with Crippen molar-refractivity contribution in [1.82, 2.24) is 4.98 Å². The minimum atomic E-state index is -4.94. The first-order chi connectivity index (χ1) is 16.2. The van der Waals surface area contributed by atoms with Gasteiger partial charge < -0.3 is 20.5 Å². The molecule has 2 unspecified atom stereocenters. The van der Waals surface area contributed by atoms with Crippen molar-refractivity contribution in [2.24, 2.45) is 10.7 Å². The molecule has 7 nitrogen and oxygen atoms in total. The number of rotatable bonds is 6. The summed E-state index contributed by atoms with van der Waals surface area (Å²) in [5, 5.41) is 2.29. The van der Waals surface area contributed by atoms with E-state index in [-0.39, 0.29) is 17.1 Å². The van der Waals surface area contributed by atoms with Gasteiger partial charge in [-0.2, -0.15) is 26.3 Å². The summed E-state index contributed by atoms with van der Waals surface area (Å²) in [5.41, 5.74) is 1.89. The number of amidine groups is 1. The van der Waals surface area contributed by atoms with Crippen molar-refractivity contribution in [1.29, 1.82) is 0 Å². The number of nitrogens with two attached hydrogens (primary N) is 1. The van der Waals surface area contributed by atoms with Crippen LogP contribution in [0.15, 0.2) is 41.5 Å². The maximum absolute atomic E-state index is 14.6. The summed E-state index contributed by atoms with van der Waals surface area (Å²) in [7, 11) is 0. The molecule has 1 aromatic heterocycles. The number of amides is 1. The number of aromatic nitrogens is 1. The van der Waals surface area contributed by atoms with Crippen LogP contribution in [0.3, 0.4) is 0 Å². The summed E-state index contributed by atoms with van der Waals surface area (Å²) in [4.78, 5) is 19.7. The van der Waals surface area contributed by atoms with E-state index in [2.05, 4.69) is 24.8 Å². The molecule has 190 valence electrons. The molecule has 2 aromatic rings. The second-order valence-corrected chi connectivity index (χ2v) is 7.40. The van der Waals surface area contributed by atoms with Crippen LogP contribution in [0.4, 0.5) is 40.8 Å². The van der Waals surface area contributed by atoms with Gasteiger partial charge in [0.1, 0.15) is 29.5 Å². The van der Waals surface area contributed by atoms with Crippen molar-refractivity contribution in [3.63, 3.8) is 0 Å². The van der Waals surface area contributed by atoms with E-state index in [9.17, 15) is 39.9 Å². The van der Waals surface area contributed by atoms with Gasteiger partial charge in [-0.3, -0.25) is 4.79 Å². The third kappa shape index (κ3) is 6.27. The molecular formula is C20H16F8N4O3. The van der Waals surface area contributed by atoms with Gasteiger partial charge in [-0.15, -0.1) is 0 Å². The summed E-state index contributed by atoms with van der Waals surface area (Å²) < 4.78 is 114. The highest BCUT2D eigenvalue weighted by Gasteiger charge is 2.52. The van der Waals surface area contributed by atoms with E-state index in [1.807, 2.05) is 0 Å². The molecule has 1 aromatic carbocycles. The van der Waals surface area contributed by atoms with Crippen molar-refractivity contribution in [2.45, 2.75) is 30.4 Å². The number of hydrogen-bond donors (Lipinski definition) is 2. The molecule has 0 spiro atoms. The van der Waals surface area contributed by atoms with Gasteiger partial charge in [0, 0.05) is 17.7 Å². The number of anilines is 1. The highest BCUT2D eigenvalue weighted by Crippen LogP contribution is 2.42. The first-order valence-electron chi connectivity index (χ1n) is 9.64. The van der Waals surface area contributed by atoms with E-state index in [4.69, 9.17) is 5.73 Å². The Hall–Kier alpha value is -3.65. The van der Waals surface area contributed by atoms with E-state index in [1.165, 1.54) is 0 Å². The zero-order valence-corrected chi connectivity index (χ0v) is 17.4. The molecular weight excluding hydrogens is 496 g/mol. The molecule has 1 aliphatic rings. The lowest BCUT2D eigenvalue weighted by atomic mass is 9.84. The van der Waals surface area contributed by atoms with Crippen molar-refractivity contribution < 1.29 is 49.4 Å². The van der Waals surface area contributed by atoms with Gasteiger partial charge in [0.2, 0.25) is 0 Å². The van der Waals surface area contributed by atoms with E-state index >= 15 is 0 Å². The number of ether oxygens (including phenoxy) is 2. The van der Waals surface area contributed by atoms with Crippen LogP contribution in [0.1, 0.15) is 22.5 Å². The van der Waals surface area contributed by atoms with Crippen molar-refractivity contribution >= 4 is 17.6 Å². The van der Waals surface area contributed by atoms with Crippen LogP contribution in [-0.4, -0.2) is 48.7 Å². The predicted octanol–water partition coefficient (Wildman–Crippen LogP) is 4.24. The molecule has 2 heterocycles. The third-order valence-electron chi connectivity index (χ3n) is 4.79. The monoisotopic (exact) mass is 512 g/mol. The van der Waals surface area contributed by atoms with Crippen LogP contribution >= 0.6 is 0 Å². The molecule has 3 N–H and O–H groups in total. The molecule has 1 aliphatic heterocycles.